The Hall–Kier alpha value is -1.38. The van der Waals surface area contributed by atoms with Gasteiger partial charge in [0, 0.05) is 0 Å². The SMILES string of the molecule is CC(=C=CC1(O)CCCC1)C(O)COCc1ccccc1. The average Bonchev–Trinajstić information content (AvgIpc) is 2.93. The van der Waals surface area contributed by atoms with Crippen LogP contribution in [0.4, 0.5) is 0 Å². The average molecular weight is 288 g/mol. The zero-order chi connectivity index (χ0) is 15.1. The quantitative estimate of drug-likeness (QED) is 0.791. The van der Waals surface area contributed by atoms with Crippen molar-refractivity contribution < 1.29 is 14.9 Å². The summed E-state index contributed by atoms with van der Waals surface area (Å²) in [6, 6.07) is 9.87. The number of hydrogen-bond acceptors (Lipinski definition) is 3. The number of hydrogen-bond donors (Lipinski definition) is 2. The molecule has 0 saturated heterocycles. The predicted octanol–water partition coefficient (Wildman–Crippen LogP) is 2.97. The van der Waals surface area contributed by atoms with Crippen molar-refractivity contribution in [2.24, 2.45) is 0 Å². The van der Waals surface area contributed by atoms with Gasteiger partial charge in [0.2, 0.25) is 0 Å². The maximum atomic E-state index is 10.2. The maximum Gasteiger partial charge on any atom is 0.105 e. The first-order valence-electron chi connectivity index (χ1n) is 7.55. The molecule has 3 nitrogen and oxygen atoms in total. The van der Waals surface area contributed by atoms with Gasteiger partial charge in [-0.3, -0.25) is 0 Å². The van der Waals surface area contributed by atoms with Crippen LogP contribution >= 0.6 is 0 Å². The molecule has 0 aromatic heterocycles. The second-order valence-corrected chi connectivity index (χ2v) is 5.80. The van der Waals surface area contributed by atoms with Crippen LogP contribution in [-0.4, -0.2) is 28.5 Å². The number of benzene rings is 1. The summed E-state index contributed by atoms with van der Waals surface area (Å²) in [7, 11) is 0. The molecule has 0 amide bonds. The molecule has 114 valence electrons. The Kier molecular flexibility index (Phi) is 5.77. The molecule has 2 rings (SSSR count). The van der Waals surface area contributed by atoms with Gasteiger partial charge in [-0.1, -0.05) is 43.2 Å². The summed E-state index contributed by atoms with van der Waals surface area (Å²) in [6.07, 6.45) is 4.69. The summed E-state index contributed by atoms with van der Waals surface area (Å²) in [5.74, 6) is 0. The van der Waals surface area contributed by atoms with E-state index in [4.69, 9.17) is 4.74 Å². The lowest BCUT2D eigenvalue weighted by molar-refractivity contribution is 0.0453. The van der Waals surface area contributed by atoms with Crippen LogP contribution in [0, 0.1) is 0 Å². The standard InChI is InChI=1S/C18H24O3/c1-15(9-12-18(20)10-5-6-11-18)17(19)14-21-13-16-7-3-2-4-8-16/h2-4,7-8,12,17,19-20H,5-6,10-11,13-14H2,1H3. The van der Waals surface area contributed by atoms with Gasteiger partial charge in [-0.05, 0) is 37.0 Å². The monoisotopic (exact) mass is 288 g/mol. The van der Waals surface area contributed by atoms with Crippen LogP contribution in [0.1, 0.15) is 38.2 Å². The van der Waals surface area contributed by atoms with Crippen LogP contribution in [0.3, 0.4) is 0 Å². The van der Waals surface area contributed by atoms with Gasteiger partial charge in [0.25, 0.3) is 0 Å². The van der Waals surface area contributed by atoms with Crippen LogP contribution in [0.25, 0.3) is 0 Å². The van der Waals surface area contributed by atoms with E-state index in [0.29, 0.717) is 12.2 Å². The highest BCUT2D eigenvalue weighted by atomic mass is 16.5. The number of aliphatic hydroxyl groups excluding tert-OH is 1. The Morgan fingerprint density at radius 2 is 2.00 bits per heavy atom. The van der Waals surface area contributed by atoms with Crippen molar-refractivity contribution in [3.63, 3.8) is 0 Å². The molecule has 0 radical (unpaired) electrons. The smallest absolute Gasteiger partial charge is 0.105 e. The number of rotatable bonds is 6. The second kappa shape index (κ2) is 7.58. The highest BCUT2D eigenvalue weighted by Gasteiger charge is 2.27. The molecule has 1 aromatic carbocycles. The molecule has 1 atom stereocenters. The van der Waals surface area contributed by atoms with Gasteiger partial charge in [0.1, 0.15) is 6.10 Å². The summed E-state index contributed by atoms with van der Waals surface area (Å²) in [4.78, 5) is 0. The van der Waals surface area contributed by atoms with E-state index in [1.165, 1.54) is 0 Å². The number of aliphatic hydroxyl groups is 2. The van der Waals surface area contributed by atoms with Crippen molar-refractivity contribution in [1.82, 2.24) is 0 Å². The Morgan fingerprint density at radius 3 is 2.67 bits per heavy atom. The third-order valence-corrected chi connectivity index (χ3v) is 3.93. The highest BCUT2D eigenvalue weighted by Crippen LogP contribution is 2.30. The van der Waals surface area contributed by atoms with Gasteiger partial charge in [-0.15, -0.1) is 5.73 Å². The highest BCUT2D eigenvalue weighted by molar-refractivity contribution is 5.14. The first kappa shape index (κ1) is 16.0. The fourth-order valence-electron chi connectivity index (χ4n) is 2.46. The molecule has 0 spiro atoms. The van der Waals surface area contributed by atoms with Crippen LogP contribution in [-0.2, 0) is 11.3 Å². The largest absolute Gasteiger partial charge is 0.386 e. The molecule has 1 fully saturated rings. The summed E-state index contributed by atoms with van der Waals surface area (Å²) < 4.78 is 5.51. The van der Waals surface area contributed by atoms with Gasteiger partial charge >= 0.3 is 0 Å². The molecule has 1 aliphatic carbocycles. The second-order valence-electron chi connectivity index (χ2n) is 5.80. The van der Waals surface area contributed by atoms with E-state index in [1.54, 1.807) is 6.08 Å². The lowest BCUT2D eigenvalue weighted by Crippen LogP contribution is -2.20. The molecule has 0 bridgehead atoms. The molecule has 1 aromatic rings. The third kappa shape index (κ3) is 5.14. The molecular formula is C18H24O3. The predicted molar refractivity (Wildman–Crippen MR) is 82.8 cm³/mol. The van der Waals surface area contributed by atoms with E-state index in [2.05, 4.69) is 5.73 Å². The fraction of sp³-hybridized carbons (Fsp3) is 0.500. The lowest BCUT2D eigenvalue weighted by atomic mass is 10.0. The van der Waals surface area contributed by atoms with E-state index in [-0.39, 0.29) is 6.61 Å². The zero-order valence-corrected chi connectivity index (χ0v) is 12.6. The molecule has 1 unspecified atom stereocenters. The fourth-order valence-corrected chi connectivity index (χ4v) is 2.46. The minimum Gasteiger partial charge on any atom is -0.386 e. The van der Waals surface area contributed by atoms with E-state index >= 15 is 0 Å². The van der Waals surface area contributed by atoms with Gasteiger partial charge in [-0.25, -0.2) is 0 Å². The van der Waals surface area contributed by atoms with Crippen molar-refractivity contribution >= 4 is 0 Å². The van der Waals surface area contributed by atoms with Gasteiger partial charge in [-0.2, -0.15) is 0 Å². The van der Waals surface area contributed by atoms with Gasteiger partial charge < -0.3 is 14.9 Å². The molecule has 1 aliphatic rings. The first-order valence-corrected chi connectivity index (χ1v) is 7.55. The molecule has 21 heavy (non-hydrogen) atoms. The van der Waals surface area contributed by atoms with Crippen molar-refractivity contribution in [1.29, 1.82) is 0 Å². The Balaban J connectivity index is 1.82. The van der Waals surface area contributed by atoms with E-state index in [0.717, 1.165) is 31.2 Å². The molecule has 2 N–H and O–H groups in total. The van der Waals surface area contributed by atoms with Crippen molar-refractivity contribution in [2.75, 3.05) is 6.61 Å². The maximum absolute atomic E-state index is 10.2. The van der Waals surface area contributed by atoms with Crippen molar-refractivity contribution in [3.8, 4) is 0 Å². The normalized spacial score (nSPS) is 18.0. The molecule has 0 heterocycles. The third-order valence-electron chi connectivity index (χ3n) is 3.93. The molecule has 0 aliphatic heterocycles. The Morgan fingerprint density at radius 1 is 1.33 bits per heavy atom. The molecular weight excluding hydrogens is 264 g/mol. The van der Waals surface area contributed by atoms with Gasteiger partial charge in [0.15, 0.2) is 0 Å². The van der Waals surface area contributed by atoms with Crippen LogP contribution < -0.4 is 0 Å². The summed E-state index contributed by atoms with van der Waals surface area (Å²) in [5.41, 5.74) is 4.08. The topological polar surface area (TPSA) is 49.7 Å². The first-order chi connectivity index (χ1) is 10.1. The van der Waals surface area contributed by atoms with E-state index in [9.17, 15) is 10.2 Å². The summed E-state index contributed by atoms with van der Waals surface area (Å²) >= 11 is 0. The lowest BCUT2D eigenvalue weighted by Gasteiger charge is -2.15. The van der Waals surface area contributed by atoms with Crippen molar-refractivity contribution in [3.05, 3.63) is 53.3 Å². The molecule has 3 heteroatoms. The summed E-state index contributed by atoms with van der Waals surface area (Å²) in [6.45, 7) is 2.53. The Labute approximate surface area is 126 Å². The van der Waals surface area contributed by atoms with Crippen molar-refractivity contribution in [2.45, 2.75) is 50.9 Å². The van der Waals surface area contributed by atoms with Crippen LogP contribution in [0.5, 0.6) is 0 Å². The molecule has 1 saturated carbocycles. The van der Waals surface area contributed by atoms with Gasteiger partial charge in [0.05, 0.1) is 18.8 Å². The number of ether oxygens (including phenoxy) is 1. The van der Waals surface area contributed by atoms with Crippen LogP contribution in [0.15, 0.2) is 47.7 Å². The van der Waals surface area contributed by atoms with Crippen LogP contribution in [0.2, 0.25) is 0 Å². The Bertz CT molecular complexity index is 494. The van der Waals surface area contributed by atoms with E-state index in [1.807, 2.05) is 37.3 Å². The minimum atomic E-state index is -0.730. The summed E-state index contributed by atoms with van der Waals surface area (Å²) in [5, 5.41) is 20.2. The zero-order valence-electron chi connectivity index (χ0n) is 12.6. The van der Waals surface area contributed by atoms with E-state index < -0.39 is 11.7 Å². The minimum absolute atomic E-state index is 0.236.